The summed E-state index contributed by atoms with van der Waals surface area (Å²) < 4.78 is 0. The maximum Gasteiger partial charge on any atom is 3.00 e. The van der Waals surface area contributed by atoms with E-state index in [1.165, 1.54) is 12.1 Å². The number of unbranched alkanes of at least 4 members (excludes halogenated alkanes) is 1. The van der Waals surface area contributed by atoms with Crippen LogP contribution in [-0.2, 0) is 59.5 Å². The Morgan fingerprint density at radius 3 is 2.05 bits per heavy atom. The summed E-state index contributed by atoms with van der Waals surface area (Å²) in [7, 11) is 0. The number of thiocarbonyl (C=S) groups is 1. The topological polar surface area (TPSA) is 368 Å². The van der Waals surface area contributed by atoms with Gasteiger partial charge >= 0.3 is 19.8 Å². The van der Waals surface area contributed by atoms with Crippen LogP contribution in [0.3, 0.4) is 0 Å². The first-order chi connectivity index (χ1) is 35.4. The van der Waals surface area contributed by atoms with Gasteiger partial charge in [0, 0.05) is 83.6 Å². The predicted molar refractivity (Wildman–Crippen MR) is 275 cm³/mol. The third-order valence-electron chi connectivity index (χ3n) is 12.2. The van der Waals surface area contributed by atoms with E-state index in [-0.39, 0.29) is 109 Å². The van der Waals surface area contributed by atoms with Gasteiger partial charge in [-0.2, -0.15) is 0 Å². The minimum Gasteiger partial charge on any atom is -0.549 e. The number of aliphatic carboxylic acids is 3. The number of aromatic hydroxyl groups is 1. The van der Waals surface area contributed by atoms with Crippen molar-refractivity contribution in [2.75, 3.05) is 70.8 Å². The number of Topliss-reactive ketones (excluding diaryl/α,β-unsaturated/α-hetero) is 1. The molecule has 2 aromatic carbocycles. The number of hydrogen-bond acceptors (Lipinski definition) is 18. The van der Waals surface area contributed by atoms with E-state index in [9.17, 15) is 54.0 Å². The number of fused-ring (bicyclic) bond motifs is 2. The van der Waals surface area contributed by atoms with Gasteiger partial charge in [-0.1, -0.05) is 30.3 Å². The number of hydrogen-bond donors (Lipinski definition) is 9. The van der Waals surface area contributed by atoms with Crippen molar-refractivity contribution in [2.45, 2.75) is 82.2 Å². The second-order valence-electron chi connectivity index (χ2n) is 18.1. The molecule has 24 nitrogen and oxygen atoms in total. The maximum atomic E-state index is 13.8. The van der Waals surface area contributed by atoms with Crippen LogP contribution in [0.15, 0.2) is 71.7 Å². The summed E-state index contributed by atoms with van der Waals surface area (Å²) in [5.41, 5.74) is 14.0. The number of carbonyl (C=O) groups excluding carboxylic acids is 7. The van der Waals surface area contributed by atoms with Crippen LogP contribution >= 0.6 is 12.2 Å². The molecule has 3 aromatic rings. The van der Waals surface area contributed by atoms with E-state index in [1.807, 2.05) is 12.1 Å². The molecule has 400 valence electrons. The van der Waals surface area contributed by atoms with E-state index in [2.05, 4.69) is 41.9 Å². The Kier molecular flexibility index (Phi) is 25.4. The van der Waals surface area contributed by atoms with Gasteiger partial charge in [0.05, 0.1) is 54.5 Å². The van der Waals surface area contributed by atoms with Gasteiger partial charge in [-0.25, -0.2) is 0 Å². The molecule has 0 spiro atoms. The third-order valence-corrected chi connectivity index (χ3v) is 12.4. The normalized spacial score (nSPS) is 19.6. The fourth-order valence-electron chi connectivity index (χ4n) is 8.55. The zero-order valence-electron chi connectivity index (χ0n) is 41.5. The summed E-state index contributed by atoms with van der Waals surface area (Å²) in [6.07, 6.45) is 2.14. The molecule has 1 fully saturated rings. The fourth-order valence-corrected chi connectivity index (χ4v) is 8.77. The molecule has 0 radical (unpaired) electrons. The molecule has 75 heavy (non-hydrogen) atoms. The fraction of sp³-hybridized carbons (Fsp3) is 0.469. The standard InChI is InChI=1S/C49H67N13O11S.Ga/c50-48(51)52-18-4-8-39-46(72)55-24-42(65)58-40(22-32-11-15-37(63)16-12-32)47(73)59-38(41(64)23-54-39)7-1-2-17-53-49(74)57-33-13-9-31(10-14-33)21-36-27-61(29-44(68)69)20-19-60(28-43(66)67)25-34-5-3-6-35(56-34)26-62(36)30-45(70)71;/h3,5-6,9-16,36,38-40,54,63H,1-2,4,7-8,17-30H2,(H,55,72)(H,58,65)(H,59,73)(H,66,67)(H,68,69)(H,70,71)(H4,50,51,52)(H2,53,57,74);/q;+3/p-3/t36-,38-,39+,40+;/m0./s1/i;1-1. The van der Waals surface area contributed by atoms with Crippen molar-refractivity contribution in [3.05, 3.63) is 89.2 Å². The van der Waals surface area contributed by atoms with Gasteiger partial charge in [0.25, 0.3) is 0 Å². The molecule has 0 aliphatic carbocycles. The number of benzene rings is 2. The smallest absolute Gasteiger partial charge is 0.549 e. The summed E-state index contributed by atoms with van der Waals surface area (Å²) in [5, 5.41) is 62.9. The Morgan fingerprint density at radius 2 is 1.37 bits per heavy atom. The van der Waals surface area contributed by atoms with E-state index < -0.39 is 86.0 Å². The number of phenols is 1. The van der Waals surface area contributed by atoms with Crippen LogP contribution in [0.4, 0.5) is 5.69 Å². The van der Waals surface area contributed by atoms with Crippen LogP contribution in [0.25, 0.3) is 0 Å². The van der Waals surface area contributed by atoms with Gasteiger partial charge in [0.2, 0.25) is 17.7 Å². The van der Waals surface area contributed by atoms with Gasteiger partial charge in [-0.15, -0.1) is 0 Å². The van der Waals surface area contributed by atoms with Crippen LogP contribution < -0.4 is 58.7 Å². The summed E-state index contributed by atoms with van der Waals surface area (Å²) in [4.78, 5) is 103. The number of nitrogens with two attached hydrogens (primary N) is 2. The molecular weight excluding hydrogens is 1050 g/mol. The molecule has 5 rings (SSSR count). The SMILES string of the molecule is NC(N)=NCCC[C@H]1NCC(=O)[C@H](CCCCNC(=S)Nc2ccc(C[C@H]3CN(CC(=O)[O-])CCN(CC(=O)[O-])Cc4cccc(n4)CN3CC(=O)[O-])cc2)NC(=O)[C@@H](Cc2ccc(O)cc2)NC(=O)CNC1=O.[69Ga+3]. The number of aliphatic imine (C=N–C) groups is 1. The van der Waals surface area contributed by atoms with E-state index in [4.69, 9.17) is 23.7 Å². The van der Waals surface area contributed by atoms with E-state index in [1.54, 1.807) is 57.2 Å². The van der Waals surface area contributed by atoms with Gasteiger partial charge in [0.15, 0.2) is 16.9 Å². The van der Waals surface area contributed by atoms with E-state index in [0.717, 1.165) is 5.56 Å². The number of carbonyl (C=O) groups is 7. The van der Waals surface area contributed by atoms with Crippen LogP contribution in [-0.4, -0.2) is 187 Å². The Labute approximate surface area is 452 Å². The first-order valence-corrected chi connectivity index (χ1v) is 24.6. The van der Waals surface area contributed by atoms with Crippen LogP contribution in [0.5, 0.6) is 5.75 Å². The van der Waals surface area contributed by atoms with Gasteiger partial charge in [-0.05, 0) is 98.3 Å². The molecular formula is C49H64GaN13O11S. The summed E-state index contributed by atoms with van der Waals surface area (Å²) in [5.74, 6) is -6.21. The molecule has 0 saturated carbocycles. The van der Waals surface area contributed by atoms with Crippen molar-refractivity contribution in [1.29, 1.82) is 0 Å². The van der Waals surface area contributed by atoms with Crippen molar-refractivity contribution >= 4 is 90.2 Å². The molecule has 1 aromatic heterocycles. The van der Waals surface area contributed by atoms with Crippen molar-refractivity contribution in [1.82, 2.24) is 46.3 Å². The van der Waals surface area contributed by atoms with Crippen LogP contribution in [0, 0.1) is 0 Å². The Bertz CT molecular complexity index is 2450. The molecule has 2 bridgehead atoms. The summed E-state index contributed by atoms with van der Waals surface area (Å²) in [6, 6.07) is 15.0. The third kappa shape index (κ3) is 22.4. The van der Waals surface area contributed by atoms with Gasteiger partial charge < -0.3 is 72.9 Å². The molecule has 4 atom stereocenters. The minimum absolute atomic E-state index is 0. The second kappa shape index (κ2) is 31.3. The Hall–Kier alpha value is -6.68. The quantitative estimate of drug-likeness (QED) is 0.0168. The average Bonchev–Trinajstić information content (AvgIpc) is 3.34. The molecule has 2 aliphatic heterocycles. The van der Waals surface area contributed by atoms with E-state index in [0.29, 0.717) is 53.6 Å². The second-order valence-corrected chi connectivity index (χ2v) is 18.5. The minimum atomic E-state index is -1.35. The largest absolute Gasteiger partial charge is 3.00 e. The number of phenolic OH excluding ortho intramolecular Hbond substituents is 1. The summed E-state index contributed by atoms with van der Waals surface area (Å²) >= 11 is 5.57. The maximum absolute atomic E-state index is 13.8. The van der Waals surface area contributed by atoms with Crippen LogP contribution in [0.1, 0.15) is 54.6 Å². The molecule has 1 saturated heterocycles. The molecule has 26 heteroatoms. The number of nitrogens with zero attached hydrogens (tertiary/aromatic N) is 5. The van der Waals surface area contributed by atoms with Crippen molar-refractivity contribution in [2.24, 2.45) is 16.5 Å². The molecule has 3 amide bonds. The number of anilines is 1. The molecule has 11 N–H and O–H groups in total. The van der Waals surface area contributed by atoms with E-state index >= 15 is 0 Å². The van der Waals surface area contributed by atoms with Gasteiger partial charge in [0.1, 0.15) is 11.8 Å². The number of carboxylic acids is 3. The Morgan fingerprint density at radius 1 is 0.747 bits per heavy atom. The first kappa shape index (κ1) is 60.9. The predicted octanol–water partition coefficient (Wildman–Crippen LogP) is -5.43. The first-order valence-electron chi connectivity index (χ1n) is 24.2. The van der Waals surface area contributed by atoms with Crippen LogP contribution in [0.2, 0.25) is 0 Å². The van der Waals surface area contributed by atoms with Crippen molar-refractivity contribution < 1.29 is 54.0 Å². The average molecular weight is 1110 g/mol. The van der Waals surface area contributed by atoms with Crippen molar-refractivity contribution in [3.8, 4) is 5.75 Å². The summed E-state index contributed by atoms with van der Waals surface area (Å²) in [6.45, 7) is -0.806. The van der Waals surface area contributed by atoms with Crippen molar-refractivity contribution in [3.63, 3.8) is 0 Å². The number of guanidine groups is 1. The number of carboxylic acid groups (broad SMARTS) is 3. The van der Waals surface area contributed by atoms with Gasteiger partial charge in [-0.3, -0.25) is 49.2 Å². The number of pyridine rings is 1. The number of nitrogens with one attached hydrogen (secondary N) is 6. The molecule has 2 aliphatic rings. The molecule has 3 heterocycles. The number of ketones is 1. The number of rotatable bonds is 20. The Balaban J connectivity index is 0.0000122. The molecule has 0 unspecified atom stereocenters. The number of aromatic nitrogens is 1. The number of amides is 3. The zero-order chi connectivity index (χ0) is 53.6. The monoisotopic (exact) mass is 1110 g/mol. The zero-order valence-corrected chi connectivity index (χ0v) is 44.7.